The van der Waals surface area contributed by atoms with Gasteiger partial charge in [-0.1, -0.05) is 6.92 Å². The molecule has 2 N–H and O–H groups in total. The molecule has 112 valence electrons. The third-order valence-electron chi connectivity index (χ3n) is 3.33. The van der Waals surface area contributed by atoms with Crippen LogP contribution in [0.15, 0.2) is 29.2 Å². The second kappa shape index (κ2) is 7.06. The number of ether oxygens (including phenoxy) is 1. The summed E-state index contributed by atoms with van der Waals surface area (Å²) in [4.78, 5) is 0.306. The lowest BCUT2D eigenvalue weighted by Crippen LogP contribution is -2.24. The van der Waals surface area contributed by atoms with Crippen molar-refractivity contribution in [1.82, 2.24) is 4.72 Å². The van der Waals surface area contributed by atoms with Crippen molar-refractivity contribution in [2.24, 2.45) is 5.92 Å². The molecule has 0 aliphatic carbocycles. The molecule has 1 aliphatic rings. The third-order valence-corrected chi connectivity index (χ3v) is 4.80. The summed E-state index contributed by atoms with van der Waals surface area (Å²) in [6.45, 7) is 4.90. The molecule has 1 fully saturated rings. The van der Waals surface area contributed by atoms with Crippen molar-refractivity contribution < 1.29 is 13.2 Å². The average molecular weight is 298 g/mol. The summed E-state index contributed by atoms with van der Waals surface area (Å²) in [5.41, 5.74) is 0.936. The van der Waals surface area contributed by atoms with Crippen molar-refractivity contribution in [2.45, 2.75) is 24.7 Å². The van der Waals surface area contributed by atoms with Gasteiger partial charge in [-0.2, -0.15) is 0 Å². The first-order chi connectivity index (χ1) is 9.62. The fraction of sp³-hybridized carbons (Fsp3) is 0.571. The van der Waals surface area contributed by atoms with Crippen molar-refractivity contribution >= 4 is 15.7 Å². The number of hydrogen-bond acceptors (Lipinski definition) is 4. The van der Waals surface area contributed by atoms with Gasteiger partial charge in [0.2, 0.25) is 10.0 Å². The van der Waals surface area contributed by atoms with E-state index in [0.29, 0.717) is 17.4 Å². The highest BCUT2D eigenvalue weighted by Crippen LogP contribution is 2.16. The van der Waals surface area contributed by atoms with Crippen LogP contribution < -0.4 is 10.0 Å². The molecule has 5 nitrogen and oxygen atoms in total. The summed E-state index contributed by atoms with van der Waals surface area (Å²) in [6.07, 6.45) is 1.86. The van der Waals surface area contributed by atoms with E-state index in [1.54, 1.807) is 24.3 Å². The maximum Gasteiger partial charge on any atom is 0.240 e. The molecule has 1 atom stereocenters. The van der Waals surface area contributed by atoms with Crippen LogP contribution in [0.2, 0.25) is 0 Å². The van der Waals surface area contributed by atoms with Crippen LogP contribution in [0.5, 0.6) is 0 Å². The number of hydrogen-bond donors (Lipinski definition) is 2. The molecule has 1 aromatic carbocycles. The SMILES string of the molecule is CCCNS(=O)(=O)c1ccc(NCC2CCOC2)cc1. The Balaban J connectivity index is 1.91. The number of anilines is 1. The lowest BCUT2D eigenvalue weighted by molar-refractivity contribution is 0.187. The van der Waals surface area contributed by atoms with Crippen molar-refractivity contribution in [3.63, 3.8) is 0 Å². The highest BCUT2D eigenvalue weighted by molar-refractivity contribution is 7.89. The van der Waals surface area contributed by atoms with Crippen LogP contribution in [0.1, 0.15) is 19.8 Å². The van der Waals surface area contributed by atoms with Gasteiger partial charge in [0.05, 0.1) is 11.5 Å². The van der Waals surface area contributed by atoms with Gasteiger partial charge in [-0.05, 0) is 37.1 Å². The number of rotatable bonds is 7. The molecular weight excluding hydrogens is 276 g/mol. The van der Waals surface area contributed by atoms with Gasteiger partial charge in [0.1, 0.15) is 0 Å². The number of sulfonamides is 1. The van der Waals surface area contributed by atoms with E-state index in [1.165, 1.54) is 0 Å². The Kier molecular flexibility index (Phi) is 5.39. The summed E-state index contributed by atoms with van der Waals surface area (Å²) >= 11 is 0. The fourth-order valence-electron chi connectivity index (χ4n) is 2.08. The second-order valence-electron chi connectivity index (χ2n) is 5.03. The lowest BCUT2D eigenvalue weighted by atomic mass is 10.1. The Morgan fingerprint density at radius 1 is 1.30 bits per heavy atom. The first kappa shape index (κ1) is 15.3. The molecule has 0 saturated carbocycles. The van der Waals surface area contributed by atoms with Crippen LogP contribution in [0.25, 0.3) is 0 Å². The Hall–Kier alpha value is -1.11. The molecule has 6 heteroatoms. The maximum absolute atomic E-state index is 11.9. The minimum absolute atomic E-state index is 0.306. The van der Waals surface area contributed by atoms with Gasteiger partial charge in [-0.25, -0.2) is 13.1 Å². The van der Waals surface area contributed by atoms with Gasteiger partial charge < -0.3 is 10.1 Å². The number of nitrogens with one attached hydrogen (secondary N) is 2. The van der Waals surface area contributed by atoms with E-state index >= 15 is 0 Å². The largest absolute Gasteiger partial charge is 0.385 e. The quantitative estimate of drug-likeness (QED) is 0.806. The highest BCUT2D eigenvalue weighted by atomic mass is 32.2. The van der Waals surface area contributed by atoms with Gasteiger partial charge in [-0.15, -0.1) is 0 Å². The zero-order valence-electron chi connectivity index (χ0n) is 11.8. The highest BCUT2D eigenvalue weighted by Gasteiger charge is 2.15. The topological polar surface area (TPSA) is 67.4 Å². The van der Waals surface area contributed by atoms with Gasteiger partial charge in [0, 0.05) is 31.3 Å². The summed E-state index contributed by atoms with van der Waals surface area (Å²) in [7, 11) is -3.37. The normalized spacial score (nSPS) is 19.1. The molecule has 1 aliphatic heterocycles. The van der Waals surface area contributed by atoms with Crippen molar-refractivity contribution in [1.29, 1.82) is 0 Å². The van der Waals surface area contributed by atoms with Crippen molar-refractivity contribution in [3.8, 4) is 0 Å². The molecule has 1 heterocycles. The van der Waals surface area contributed by atoms with Crippen LogP contribution in [0, 0.1) is 5.92 Å². The van der Waals surface area contributed by atoms with E-state index in [9.17, 15) is 8.42 Å². The lowest BCUT2D eigenvalue weighted by Gasteiger charge is -2.11. The van der Waals surface area contributed by atoms with Crippen molar-refractivity contribution in [3.05, 3.63) is 24.3 Å². The van der Waals surface area contributed by atoms with Gasteiger partial charge >= 0.3 is 0 Å². The van der Waals surface area contributed by atoms with E-state index in [0.717, 1.165) is 38.3 Å². The summed E-state index contributed by atoms with van der Waals surface area (Å²) in [5, 5.41) is 3.31. The molecule has 1 aromatic rings. The van der Waals surface area contributed by atoms with Crippen molar-refractivity contribution in [2.75, 3.05) is 31.6 Å². The summed E-state index contributed by atoms with van der Waals surface area (Å²) in [5.74, 6) is 0.546. The maximum atomic E-state index is 11.9. The van der Waals surface area contributed by atoms with Crippen LogP contribution in [0.4, 0.5) is 5.69 Å². The fourth-order valence-corrected chi connectivity index (χ4v) is 3.21. The van der Waals surface area contributed by atoms with E-state index in [2.05, 4.69) is 10.0 Å². The smallest absolute Gasteiger partial charge is 0.240 e. The zero-order chi connectivity index (χ0) is 14.4. The Morgan fingerprint density at radius 2 is 2.05 bits per heavy atom. The zero-order valence-corrected chi connectivity index (χ0v) is 12.6. The average Bonchev–Trinajstić information content (AvgIpc) is 2.97. The molecule has 1 saturated heterocycles. The van der Waals surface area contributed by atoms with Gasteiger partial charge in [-0.3, -0.25) is 0 Å². The second-order valence-corrected chi connectivity index (χ2v) is 6.80. The van der Waals surface area contributed by atoms with Gasteiger partial charge in [0.15, 0.2) is 0 Å². The minimum Gasteiger partial charge on any atom is -0.385 e. The summed E-state index contributed by atoms with van der Waals surface area (Å²) in [6, 6.07) is 6.86. The molecule has 1 unspecified atom stereocenters. The predicted octanol–water partition coefficient (Wildman–Crippen LogP) is 1.82. The molecule has 0 amide bonds. The molecule has 0 aromatic heterocycles. The molecule has 2 rings (SSSR count). The predicted molar refractivity (Wildman–Crippen MR) is 79.3 cm³/mol. The molecular formula is C14H22N2O3S. The molecule has 20 heavy (non-hydrogen) atoms. The Labute approximate surface area is 120 Å². The first-order valence-corrected chi connectivity index (χ1v) is 8.51. The third kappa shape index (κ3) is 4.19. The Bertz CT molecular complexity index is 508. The van der Waals surface area contributed by atoms with E-state index in [-0.39, 0.29) is 0 Å². The monoisotopic (exact) mass is 298 g/mol. The first-order valence-electron chi connectivity index (χ1n) is 7.03. The van der Waals surface area contributed by atoms with E-state index < -0.39 is 10.0 Å². The minimum atomic E-state index is -3.37. The number of benzene rings is 1. The Morgan fingerprint density at radius 3 is 2.65 bits per heavy atom. The molecule has 0 bridgehead atoms. The van der Waals surface area contributed by atoms with E-state index in [4.69, 9.17) is 4.74 Å². The van der Waals surface area contributed by atoms with Gasteiger partial charge in [0.25, 0.3) is 0 Å². The van der Waals surface area contributed by atoms with Crippen LogP contribution >= 0.6 is 0 Å². The van der Waals surface area contributed by atoms with Crippen LogP contribution in [0.3, 0.4) is 0 Å². The van der Waals surface area contributed by atoms with E-state index in [1.807, 2.05) is 6.92 Å². The molecule has 0 spiro atoms. The molecule has 0 radical (unpaired) electrons. The standard InChI is InChI=1S/C14H22N2O3S/c1-2-8-16-20(17,18)14-5-3-13(4-6-14)15-10-12-7-9-19-11-12/h3-6,12,15-16H,2,7-11H2,1H3. The van der Waals surface area contributed by atoms with Crippen LogP contribution in [-0.4, -0.2) is 34.7 Å². The summed E-state index contributed by atoms with van der Waals surface area (Å²) < 4.78 is 31.7. The van der Waals surface area contributed by atoms with Crippen LogP contribution in [-0.2, 0) is 14.8 Å².